The molecule has 1 aliphatic heterocycles. The third-order valence-electron chi connectivity index (χ3n) is 4.96. The first-order valence-corrected chi connectivity index (χ1v) is 7.22. The molecule has 2 atom stereocenters. The van der Waals surface area contributed by atoms with Gasteiger partial charge in [0, 0.05) is 5.56 Å². The van der Waals surface area contributed by atoms with Crippen molar-refractivity contribution in [1.29, 1.82) is 0 Å². The van der Waals surface area contributed by atoms with E-state index in [1.54, 1.807) is 0 Å². The van der Waals surface area contributed by atoms with Gasteiger partial charge in [0.05, 0.1) is 0 Å². The zero-order chi connectivity index (χ0) is 14.3. The minimum Gasteiger partial charge on any atom is -0.339 e. The molecule has 0 bridgehead atoms. The van der Waals surface area contributed by atoms with E-state index in [2.05, 4.69) is 53.7 Å². The molecule has 0 saturated carbocycles. The summed E-state index contributed by atoms with van der Waals surface area (Å²) in [5.74, 6) is 0.794. The van der Waals surface area contributed by atoms with Crippen molar-refractivity contribution in [3.63, 3.8) is 0 Å². The maximum Gasteiger partial charge on any atom is 0.185 e. The van der Waals surface area contributed by atoms with Crippen LogP contribution in [0.3, 0.4) is 0 Å². The van der Waals surface area contributed by atoms with Crippen molar-refractivity contribution in [3.8, 4) is 0 Å². The highest BCUT2D eigenvalue weighted by Crippen LogP contribution is 2.52. The molecule has 0 unspecified atom stereocenters. The fraction of sp³-hybridized carbons (Fsp3) is 0.647. The van der Waals surface area contributed by atoms with Gasteiger partial charge in [0.2, 0.25) is 0 Å². The van der Waals surface area contributed by atoms with Gasteiger partial charge in [-0.1, -0.05) is 58.0 Å². The van der Waals surface area contributed by atoms with Crippen LogP contribution in [-0.4, -0.2) is 11.2 Å². The second-order valence-electron chi connectivity index (χ2n) is 6.50. The second-order valence-corrected chi connectivity index (χ2v) is 6.50. The van der Waals surface area contributed by atoms with Crippen LogP contribution in [0, 0.1) is 11.8 Å². The molecule has 106 valence electrons. The number of benzene rings is 1. The predicted octanol–water partition coefficient (Wildman–Crippen LogP) is 4.56. The lowest BCUT2D eigenvalue weighted by molar-refractivity contribution is -0.103. The topological polar surface area (TPSA) is 18.5 Å². The van der Waals surface area contributed by atoms with Gasteiger partial charge < -0.3 is 9.47 Å². The van der Waals surface area contributed by atoms with Crippen molar-refractivity contribution in [3.05, 3.63) is 35.9 Å². The molecule has 0 N–H and O–H groups in total. The fourth-order valence-electron chi connectivity index (χ4n) is 2.87. The Hall–Kier alpha value is -0.860. The second kappa shape index (κ2) is 4.92. The number of hydrogen-bond acceptors (Lipinski definition) is 2. The Morgan fingerprint density at radius 2 is 1.26 bits per heavy atom. The van der Waals surface area contributed by atoms with E-state index in [0.717, 1.165) is 5.56 Å². The van der Waals surface area contributed by atoms with Crippen LogP contribution in [0.15, 0.2) is 30.3 Å². The first-order chi connectivity index (χ1) is 8.81. The lowest BCUT2D eigenvalue weighted by Crippen LogP contribution is -2.54. The van der Waals surface area contributed by atoms with Crippen LogP contribution in [0.25, 0.3) is 0 Å². The highest BCUT2D eigenvalue weighted by molar-refractivity contribution is 5.19. The van der Waals surface area contributed by atoms with Crippen LogP contribution in [0.4, 0.5) is 0 Å². The van der Waals surface area contributed by atoms with Gasteiger partial charge in [-0.15, -0.1) is 0 Å². The van der Waals surface area contributed by atoms with Crippen molar-refractivity contribution < 1.29 is 9.47 Å². The van der Waals surface area contributed by atoms with Gasteiger partial charge in [0.1, 0.15) is 11.2 Å². The van der Waals surface area contributed by atoms with Gasteiger partial charge in [-0.05, 0) is 25.7 Å². The van der Waals surface area contributed by atoms with Gasteiger partial charge >= 0.3 is 0 Å². The van der Waals surface area contributed by atoms with E-state index in [1.807, 2.05) is 18.2 Å². The smallest absolute Gasteiger partial charge is 0.185 e. The van der Waals surface area contributed by atoms with Crippen LogP contribution in [0.5, 0.6) is 0 Å². The van der Waals surface area contributed by atoms with Gasteiger partial charge in [0.15, 0.2) is 6.29 Å². The van der Waals surface area contributed by atoms with Crippen molar-refractivity contribution >= 4 is 0 Å². The molecule has 0 spiro atoms. The maximum atomic E-state index is 6.35. The quantitative estimate of drug-likeness (QED) is 0.795. The Labute approximate surface area is 117 Å². The summed E-state index contributed by atoms with van der Waals surface area (Å²) in [6, 6.07) is 10.2. The molecular formula is C17H26O2. The fourth-order valence-corrected chi connectivity index (χ4v) is 2.87. The zero-order valence-electron chi connectivity index (χ0n) is 12.9. The van der Waals surface area contributed by atoms with Crippen molar-refractivity contribution in [2.45, 2.75) is 59.0 Å². The van der Waals surface area contributed by atoms with Crippen LogP contribution in [0.2, 0.25) is 0 Å². The van der Waals surface area contributed by atoms with Crippen LogP contribution >= 0.6 is 0 Å². The Morgan fingerprint density at radius 3 is 1.63 bits per heavy atom. The molecular weight excluding hydrogens is 236 g/mol. The summed E-state index contributed by atoms with van der Waals surface area (Å²) in [6.07, 6.45) is -0.263. The van der Waals surface area contributed by atoms with Gasteiger partial charge in [-0.2, -0.15) is 0 Å². The molecule has 1 aromatic rings. The third kappa shape index (κ3) is 2.21. The van der Waals surface area contributed by atoms with Crippen LogP contribution < -0.4 is 0 Å². The third-order valence-corrected chi connectivity index (χ3v) is 4.96. The minimum absolute atomic E-state index is 0.263. The molecule has 0 amide bonds. The van der Waals surface area contributed by atoms with Crippen LogP contribution in [0.1, 0.15) is 53.4 Å². The molecule has 1 aromatic carbocycles. The number of hydrogen-bond donors (Lipinski definition) is 0. The molecule has 2 heteroatoms. The van der Waals surface area contributed by atoms with Gasteiger partial charge in [-0.3, -0.25) is 0 Å². The lowest BCUT2D eigenvalue weighted by Gasteiger charge is -2.43. The van der Waals surface area contributed by atoms with Crippen molar-refractivity contribution in [1.82, 2.24) is 0 Å². The van der Waals surface area contributed by atoms with Crippen LogP contribution in [-0.2, 0) is 9.47 Å². The molecule has 1 saturated heterocycles. The summed E-state index contributed by atoms with van der Waals surface area (Å²) in [4.78, 5) is 0. The summed E-state index contributed by atoms with van der Waals surface area (Å²) >= 11 is 0. The molecule has 0 aromatic heterocycles. The highest BCUT2D eigenvalue weighted by Gasteiger charge is 2.58. The molecule has 19 heavy (non-hydrogen) atoms. The predicted molar refractivity (Wildman–Crippen MR) is 77.8 cm³/mol. The molecule has 0 aliphatic carbocycles. The number of rotatable bonds is 3. The van der Waals surface area contributed by atoms with E-state index in [1.165, 1.54) is 0 Å². The Balaban J connectivity index is 2.36. The average molecular weight is 262 g/mol. The van der Waals surface area contributed by atoms with Gasteiger partial charge in [0.25, 0.3) is 0 Å². The summed E-state index contributed by atoms with van der Waals surface area (Å²) in [5, 5.41) is 0. The van der Waals surface area contributed by atoms with E-state index < -0.39 is 0 Å². The molecule has 2 rings (SSSR count). The summed E-state index contributed by atoms with van der Waals surface area (Å²) < 4.78 is 12.7. The molecule has 0 radical (unpaired) electrons. The Bertz CT molecular complexity index is 404. The van der Waals surface area contributed by atoms with E-state index in [-0.39, 0.29) is 17.5 Å². The molecule has 1 aliphatic rings. The highest BCUT2D eigenvalue weighted by atomic mass is 16.7. The standard InChI is InChI=1S/C17H26O2/c1-12(2)16(5)17(6,13(3)4)19-15(18-16)14-10-8-7-9-11-14/h7-13,15H,1-6H3/t16-,17-/m1/s1. The SMILES string of the molecule is CC(C)[C@@]1(C)OC(c2ccccc2)O[C@]1(C)C(C)C. The number of ether oxygens (including phenoxy) is 2. The normalized spacial score (nSPS) is 32.4. The van der Waals surface area contributed by atoms with E-state index in [0.29, 0.717) is 11.8 Å². The van der Waals surface area contributed by atoms with E-state index in [9.17, 15) is 0 Å². The minimum atomic E-state index is -0.276. The van der Waals surface area contributed by atoms with Crippen molar-refractivity contribution in [2.24, 2.45) is 11.8 Å². The van der Waals surface area contributed by atoms with Crippen molar-refractivity contribution in [2.75, 3.05) is 0 Å². The summed E-state index contributed by atoms with van der Waals surface area (Å²) in [6.45, 7) is 13.2. The zero-order valence-corrected chi connectivity index (χ0v) is 12.9. The average Bonchev–Trinajstić information content (AvgIpc) is 2.66. The molecule has 2 nitrogen and oxygen atoms in total. The Morgan fingerprint density at radius 1 is 0.842 bits per heavy atom. The first-order valence-electron chi connectivity index (χ1n) is 7.22. The summed E-state index contributed by atoms with van der Waals surface area (Å²) in [7, 11) is 0. The molecule has 1 fully saturated rings. The first kappa shape index (κ1) is 14.5. The monoisotopic (exact) mass is 262 g/mol. The lowest BCUT2D eigenvalue weighted by atomic mass is 9.72. The largest absolute Gasteiger partial charge is 0.339 e. The van der Waals surface area contributed by atoms with Gasteiger partial charge in [-0.25, -0.2) is 0 Å². The molecule has 1 heterocycles. The van der Waals surface area contributed by atoms with E-state index >= 15 is 0 Å². The Kier molecular flexibility index (Phi) is 3.76. The van der Waals surface area contributed by atoms with E-state index in [4.69, 9.17) is 9.47 Å². The summed E-state index contributed by atoms with van der Waals surface area (Å²) in [5.41, 5.74) is 0.544. The maximum absolute atomic E-state index is 6.35.